The quantitative estimate of drug-likeness (QED) is 0.135. The van der Waals surface area contributed by atoms with Gasteiger partial charge in [0, 0.05) is 0 Å². The summed E-state index contributed by atoms with van der Waals surface area (Å²) in [6.07, 6.45) is 2.50. The first-order valence-electron chi connectivity index (χ1n) is 14.5. The van der Waals surface area contributed by atoms with Crippen LogP contribution in [0.3, 0.4) is 0 Å². The Morgan fingerprint density at radius 2 is 0.415 bits per heavy atom. The lowest BCUT2D eigenvalue weighted by molar-refractivity contribution is 0.460. The highest BCUT2D eigenvalue weighted by Gasteiger charge is 1.85. The van der Waals surface area contributed by atoms with Gasteiger partial charge in [0.15, 0.2) is 0 Å². The van der Waals surface area contributed by atoms with Crippen molar-refractivity contribution < 1.29 is 25.5 Å². The molecule has 4 aromatic carbocycles. The fourth-order valence-corrected chi connectivity index (χ4v) is 1.72. The maximum Gasteiger partial charge on any atom is 0.115 e. The molecule has 0 heterocycles. The van der Waals surface area contributed by atoms with E-state index >= 15 is 0 Å². The summed E-state index contributed by atoms with van der Waals surface area (Å²) in [6, 6.07) is 32.1. The van der Waals surface area contributed by atoms with E-state index in [9.17, 15) is 0 Å². The average molecular weight is 571 g/mol. The Labute approximate surface area is 251 Å². The van der Waals surface area contributed by atoms with Gasteiger partial charge in [0.1, 0.15) is 28.7 Å². The third kappa shape index (κ3) is 46.1. The van der Waals surface area contributed by atoms with Crippen LogP contribution < -0.4 is 0 Å². The largest absolute Gasteiger partial charge is 0.508 e. The minimum Gasteiger partial charge on any atom is -0.508 e. The molecule has 5 heteroatoms. The van der Waals surface area contributed by atoms with Crippen LogP contribution >= 0.6 is 0 Å². The molecule has 41 heavy (non-hydrogen) atoms. The second-order valence-electron chi connectivity index (χ2n) is 6.94. The molecule has 0 aliphatic heterocycles. The molecule has 5 nitrogen and oxygen atoms in total. The summed E-state index contributed by atoms with van der Waals surface area (Å²) in [7, 11) is 0. The van der Waals surface area contributed by atoms with Crippen LogP contribution in [0.15, 0.2) is 115 Å². The number of hydrogen-bond donors (Lipinski definition) is 5. The second kappa shape index (κ2) is 43.0. The summed E-state index contributed by atoms with van der Waals surface area (Å²) >= 11 is 0. The first-order valence-corrected chi connectivity index (χ1v) is 14.5. The van der Waals surface area contributed by atoms with Crippen LogP contribution in [0.4, 0.5) is 0 Å². The first kappa shape index (κ1) is 46.7. The number of benzene rings is 4. The Hall–Kier alpha value is -4.12. The summed E-state index contributed by atoms with van der Waals surface area (Å²) in [5.41, 5.74) is 0. The first-order chi connectivity index (χ1) is 19.8. The van der Waals surface area contributed by atoms with Crippen molar-refractivity contribution in [2.75, 3.05) is 0 Å². The van der Waals surface area contributed by atoms with E-state index in [2.05, 4.69) is 27.7 Å². The van der Waals surface area contributed by atoms with Gasteiger partial charge in [-0.25, -0.2) is 0 Å². The minimum atomic E-state index is 0.169. The van der Waals surface area contributed by atoms with Crippen molar-refractivity contribution in [1.82, 2.24) is 0 Å². The molecule has 0 aliphatic carbocycles. The Bertz CT molecular complexity index is 797. The van der Waals surface area contributed by atoms with E-state index < -0.39 is 0 Å². The number of para-hydroxylation sites is 1. The summed E-state index contributed by atoms with van der Waals surface area (Å²) in [6.45, 7) is 20.5. The molecule has 0 atom stereocenters. The molecule has 0 radical (unpaired) electrons. The monoisotopic (exact) mass is 570 g/mol. The van der Waals surface area contributed by atoms with Gasteiger partial charge in [0.2, 0.25) is 0 Å². The maximum absolute atomic E-state index is 8.65. The maximum atomic E-state index is 8.65. The van der Waals surface area contributed by atoms with E-state index in [1.807, 2.05) is 84.0 Å². The lowest BCUT2D eigenvalue weighted by atomic mass is 10.3. The average Bonchev–Trinajstić information content (AvgIpc) is 3.02. The zero-order valence-corrected chi connectivity index (χ0v) is 27.1. The third-order valence-electron chi connectivity index (χ3n) is 3.12. The standard InChI is InChI=1S/2C6H6O2.C6H6O.C6H6.2C3H8.3C2H6/c2*7-5-1-2-6(8)4-3-5;7-6-4-2-1-3-5-6;1-2-4-6-5-3-1;2*1-3-2;3*1-2/h2*1-4,7-8H;1-5,7H;1-6H;2*3H2,1-2H3;3*1-2H3. The molecule has 0 spiro atoms. The van der Waals surface area contributed by atoms with Crippen LogP contribution in [-0.2, 0) is 0 Å². The van der Waals surface area contributed by atoms with Crippen LogP contribution in [0.2, 0.25) is 0 Å². The van der Waals surface area contributed by atoms with Crippen molar-refractivity contribution in [3.8, 4) is 28.7 Å². The second-order valence-corrected chi connectivity index (χ2v) is 6.94. The molecule has 4 aromatic rings. The molecule has 0 fully saturated rings. The highest BCUT2D eigenvalue weighted by atomic mass is 16.3. The topological polar surface area (TPSA) is 101 Å². The molecule has 0 unspecified atom stereocenters. The van der Waals surface area contributed by atoms with Crippen molar-refractivity contribution in [2.45, 2.75) is 82.1 Å². The fraction of sp³-hybridized carbons (Fsp3) is 0.333. The van der Waals surface area contributed by atoms with E-state index in [1.165, 1.54) is 61.4 Å². The van der Waals surface area contributed by atoms with Crippen molar-refractivity contribution in [3.05, 3.63) is 115 Å². The van der Waals surface area contributed by atoms with Gasteiger partial charge in [-0.2, -0.15) is 0 Å². The van der Waals surface area contributed by atoms with Crippen molar-refractivity contribution in [2.24, 2.45) is 0 Å². The minimum absolute atomic E-state index is 0.169. The highest BCUT2D eigenvalue weighted by Crippen LogP contribution is 2.13. The number of phenols is 5. The Balaban J connectivity index is -0.000000125. The Morgan fingerprint density at radius 3 is 0.537 bits per heavy atom. The highest BCUT2D eigenvalue weighted by molar-refractivity contribution is 5.29. The predicted molar refractivity (Wildman–Crippen MR) is 180 cm³/mol. The van der Waals surface area contributed by atoms with Gasteiger partial charge < -0.3 is 25.5 Å². The summed E-state index contributed by atoms with van der Waals surface area (Å²) < 4.78 is 0. The molecule has 0 aliphatic rings. The van der Waals surface area contributed by atoms with Crippen LogP contribution in [0, 0.1) is 0 Å². The number of hydrogen-bond acceptors (Lipinski definition) is 5. The van der Waals surface area contributed by atoms with Gasteiger partial charge in [-0.3, -0.25) is 0 Å². The van der Waals surface area contributed by atoms with Crippen LogP contribution in [0.1, 0.15) is 82.1 Å². The molecule has 0 amide bonds. The molecule has 232 valence electrons. The van der Waals surface area contributed by atoms with Gasteiger partial charge in [-0.1, -0.05) is 137 Å². The summed E-state index contributed by atoms with van der Waals surface area (Å²) in [4.78, 5) is 0. The molecule has 0 bridgehead atoms. The molecule has 5 N–H and O–H groups in total. The van der Waals surface area contributed by atoms with E-state index in [0.29, 0.717) is 5.75 Å². The molecule has 0 saturated carbocycles. The zero-order valence-electron chi connectivity index (χ0n) is 27.1. The van der Waals surface area contributed by atoms with Crippen molar-refractivity contribution >= 4 is 0 Å². The molecule has 4 rings (SSSR count). The smallest absolute Gasteiger partial charge is 0.115 e. The number of phenolic OH excluding ortho intramolecular Hbond substituents is 5. The van der Waals surface area contributed by atoms with Crippen LogP contribution in [0.5, 0.6) is 28.7 Å². The lowest BCUT2D eigenvalue weighted by Crippen LogP contribution is -1.61. The van der Waals surface area contributed by atoms with E-state index in [4.69, 9.17) is 25.5 Å². The SMILES string of the molecule is CC.CC.CC.CCC.CCC.Oc1ccc(O)cc1.Oc1ccc(O)cc1.Oc1ccccc1.c1ccccc1. The zero-order chi connectivity index (χ0) is 32.7. The van der Waals surface area contributed by atoms with E-state index in [0.717, 1.165) is 0 Å². The molecular weight excluding hydrogens is 512 g/mol. The number of rotatable bonds is 0. The number of aromatic hydroxyl groups is 5. The van der Waals surface area contributed by atoms with Gasteiger partial charge in [0.25, 0.3) is 0 Å². The fourth-order valence-electron chi connectivity index (χ4n) is 1.72. The third-order valence-corrected chi connectivity index (χ3v) is 3.12. The molecule has 0 aromatic heterocycles. The van der Waals surface area contributed by atoms with Crippen LogP contribution in [0.25, 0.3) is 0 Å². The summed E-state index contributed by atoms with van der Waals surface area (Å²) in [5, 5.41) is 43.2. The summed E-state index contributed by atoms with van der Waals surface area (Å²) in [5.74, 6) is 0.999. The Kier molecular flexibility index (Phi) is 48.9. The van der Waals surface area contributed by atoms with Crippen molar-refractivity contribution in [3.63, 3.8) is 0 Å². The Morgan fingerprint density at radius 1 is 0.293 bits per heavy atom. The van der Waals surface area contributed by atoms with Gasteiger partial charge >= 0.3 is 0 Å². The lowest BCUT2D eigenvalue weighted by Gasteiger charge is -1.88. The van der Waals surface area contributed by atoms with Crippen molar-refractivity contribution in [1.29, 1.82) is 0 Å². The molecule has 0 saturated heterocycles. The van der Waals surface area contributed by atoms with Crippen LogP contribution in [-0.4, -0.2) is 25.5 Å². The van der Waals surface area contributed by atoms with Gasteiger partial charge in [-0.05, 0) is 60.7 Å². The van der Waals surface area contributed by atoms with Gasteiger partial charge in [-0.15, -0.1) is 0 Å². The van der Waals surface area contributed by atoms with E-state index in [1.54, 1.807) is 24.3 Å². The van der Waals surface area contributed by atoms with E-state index in [-0.39, 0.29) is 23.0 Å². The molecular formula is C36H58O5. The van der Waals surface area contributed by atoms with Gasteiger partial charge in [0.05, 0.1) is 0 Å². The predicted octanol–water partition coefficient (Wildman–Crippen LogP) is 11.2. The normalized spacial score (nSPS) is 7.46.